The molecule has 0 spiro atoms. The molecule has 0 fully saturated rings. The van der Waals surface area contributed by atoms with Crippen molar-refractivity contribution in [3.8, 4) is 16.9 Å². The molecule has 6 nitrogen and oxygen atoms in total. The second kappa shape index (κ2) is 6.56. The van der Waals surface area contributed by atoms with E-state index in [1.54, 1.807) is 42.5 Å². The first-order valence-corrected chi connectivity index (χ1v) is 10.2. The van der Waals surface area contributed by atoms with Gasteiger partial charge in [-0.15, -0.1) is 0 Å². The van der Waals surface area contributed by atoms with E-state index in [4.69, 9.17) is 9.15 Å². The van der Waals surface area contributed by atoms with Crippen LogP contribution in [0.3, 0.4) is 0 Å². The number of rotatable bonds is 5. The van der Waals surface area contributed by atoms with Gasteiger partial charge in [0.1, 0.15) is 11.6 Å². The van der Waals surface area contributed by atoms with E-state index in [0.29, 0.717) is 16.8 Å². The molecule has 2 unspecified atom stereocenters. The maximum Gasteiger partial charge on any atom is 0.420 e. The highest BCUT2D eigenvalue weighted by Crippen LogP contribution is 2.28. The van der Waals surface area contributed by atoms with Crippen molar-refractivity contribution in [1.29, 1.82) is 0 Å². The van der Waals surface area contributed by atoms with Crippen LogP contribution in [0.4, 0.5) is 4.39 Å². The van der Waals surface area contributed by atoms with E-state index in [9.17, 15) is 17.6 Å². The number of aromatic nitrogens is 1. The zero-order valence-corrected chi connectivity index (χ0v) is 16.1. The van der Waals surface area contributed by atoms with E-state index < -0.39 is 27.0 Å². The lowest BCUT2D eigenvalue weighted by molar-refractivity contribution is 0.110. The van der Waals surface area contributed by atoms with Crippen molar-refractivity contribution < 1.29 is 22.0 Å². The Morgan fingerprint density at radius 2 is 1.85 bits per heavy atom. The maximum absolute atomic E-state index is 13.5. The Morgan fingerprint density at radius 3 is 2.42 bits per heavy atom. The first-order chi connectivity index (χ1) is 12.0. The molecule has 0 aliphatic carbocycles. The van der Waals surface area contributed by atoms with Gasteiger partial charge in [0.2, 0.25) is 13.3 Å². The fourth-order valence-electron chi connectivity index (χ4n) is 2.54. The van der Waals surface area contributed by atoms with Gasteiger partial charge < -0.3 is 9.15 Å². The Kier molecular flexibility index (Phi) is 4.71. The van der Waals surface area contributed by atoms with Crippen molar-refractivity contribution in [2.75, 3.05) is 6.26 Å². The number of halogens is 1. The molecule has 10 heteroatoms. The summed E-state index contributed by atoms with van der Waals surface area (Å²) < 4.78 is 47.9. The summed E-state index contributed by atoms with van der Waals surface area (Å²) in [6.07, 6.45) is 1.05. The van der Waals surface area contributed by atoms with Crippen LogP contribution in [0.2, 0.25) is 0 Å². The number of nitrogens with zero attached hydrogens (tertiary/aromatic N) is 1. The predicted octanol–water partition coefficient (Wildman–Crippen LogP) is 1.73. The van der Waals surface area contributed by atoms with Gasteiger partial charge in [0.25, 0.3) is 0 Å². The topological polar surface area (TPSA) is 78.5 Å². The van der Waals surface area contributed by atoms with E-state index in [0.717, 1.165) is 21.9 Å². The van der Waals surface area contributed by atoms with Crippen LogP contribution in [0, 0.1) is 0 Å². The lowest BCUT2D eigenvalue weighted by Crippen LogP contribution is -2.21. The molecule has 0 N–H and O–H groups in total. The molecule has 0 radical (unpaired) electrons. The molecule has 0 amide bonds. The summed E-state index contributed by atoms with van der Waals surface area (Å²) in [5.41, 5.74) is 0.376. The summed E-state index contributed by atoms with van der Waals surface area (Å²) >= 11 is 0. The Labute approximate surface area is 152 Å². The van der Waals surface area contributed by atoms with Crippen molar-refractivity contribution in [2.24, 2.45) is 0 Å². The molecule has 2 atom stereocenters. The molecule has 1 aromatic heterocycles. The van der Waals surface area contributed by atoms with Crippen molar-refractivity contribution in [1.82, 2.24) is 4.57 Å². The van der Waals surface area contributed by atoms with Crippen LogP contribution >= 0.6 is 9.24 Å². The lowest BCUT2D eigenvalue weighted by atomic mass is 10.1. The van der Waals surface area contributed by atoms with Gasteiger partial charge in [-0.2, -0.15) is 0 Å². The monoisotopic (exact) mass is 395 g/mol. The number of fused-ring (bicyclic) bond motifs is 1. The van der Waals surface area contributed by atoms with E-state index >= 15 is 0 Å². The smallest absolute Gasteiger partial charge is 0.420 e. The number of ether oxygens (including phenoxy) is 1. The number of hydrogen-bond donors (Lipinski definition) is 0. The first kappa shape index (κ1) is 18.7. The minimum Gasteiger partial charge on any atom is -0.464 e. The number of sulfone groups is 1. The van der Waals surface area contributed by atoms with Gasteiger partial charge >= 0.3 is 5.76 Å². The van der Waals surface area contributed by atoms with Crippen LogP contribution in [0.1, 0.15) is 0 Å². The number of hydrogen-bond acceptors (Lipinski definition) is 5. The summed E-state index contributed by atoms with van der Waals surface area (Å²) in [6, 6.07) is 11.8. The molecular weight excluding hydrogens is 379 g/mol. The SMILES string of the molecule is BC(F)(P)Oc1ccc(-c2ccc3oc(=O)n(CS(C)(=O)=O)c3c2)cc1. The average Bonchev–Trinajstić information content (AvgIpc) is 2.80. The Bertz CT molecular complexity index is 1120. The Hall–Kier alpha value is -2.12. The van der Waals surface area contributed by atoms with Crippen LogP contribution in [-0.4, -0.2) is 32.6 Å². The molecule has 3 rings (SSSR count). The zero-order chi connectivity index (χ0) is 19.1. The number of alkyl halides is 1. The second-order valence-electron chi connectivity index (χ2n) is 6.15. The fourth-order valence-corrected chi connectivity index (χ4v) is 3.39. The normalized spacial score (nSPS) is 14.3. The van der Waals surface area contributed by atoms with Crippen LogP contribution in [0.25, 0.3) is 22.2 Å². The number of benzene rings is 2. The highest BCUT2D eigenvalue weighted by Gasteiger charge is 2.17. The fraction of sp³-hybridized carbons (Fsp3) is 0.188. The molecule has 3 aromatic rings. The Balaban J connectivity index is 2.01. The molecule has 0 saturated heterocycles. The van der Waals surface area contributed by atoms with Crippen molar-refractivity contribution in [3.63, 3.8) is 0 Å². The minimum atomic E-state index is -3.41. The third-order valence-electron chi connectivity index (χ3n) is 3.54. The summed E-state index contributed by atoms with van der Waals surface area (Å²) in [6.45, 7) is 0. The molecular formula is C16H16BFNO5PS. The quantitative estimate of drug-likeness (QED) is 0.486. The third-order valence-corrected chi connectivity index (χ3v) is 4.38. The molecule has 0 aliphatic heterocycles. The molecule has 26 heavy (non-hydrogen) atoms. The van der Waals surface area contributed by atoms with Crippen LogP contribution < -0.4 is 10.5 Å². The highest BCUT2D eigenvalue weighted by molar-refractivity contribution is 7.89. The van der Waals surface area contributed by atoms with Gasteiger partial charge in [-0.1, -0.05) is 27.4 Å². The van der Waals surface area contributed by atoms with Crippen LogP contribution in [-0.2, 0) is 15.7 Å². The molecule has 0 bridgehead atoms. The molecule has 0 aliphatic rings. The second-order valence-corrected chi connectivity index (χ2v) is 9.29. The van der Waals surface area contributed by atoms with E-state index in [1.807, 2.05) is 9.24 Å². The van der Waals surface area contributed by atoms with Gasteiger partial charge in [-0.25, -0.2) is 17.6 Å². The third kappa shape index (κ3) is 4.34. The van der Waals surface area contributed by atoms with E-state index in [-0.39, 0.29) is 0 Å². The van der Waals surface area contributed by atoms with E-state index in [1.165, 1.54) is 7.85 Å². The van der Waals surface area contributed by atoms with E-state index in [2.05, 4.69) is 0 Å². The first-order valence-electron chi connectivity index (χ1n) is 7.60. The van der Waals surface area contributed by atoms with Gasteiger partial charge in [0, 0.05) is 6.26 Å². The molecule has 136 valence electrons. The van der Waals surface area contributed by atoms with Gasteiger partial charge in [0.05, 0.1) is 5.52 Å². The average molecular weight is 395 g/mol. The summed E-state index contributed by atoms with van der Waals surface area (Å²) in [5.74, 6) is -0.820. The minimum absolute atomic E-state index is 0.304. The molecule has 1 heterocycles. The lowest BCUT2D eigenvalue weighted by Gasteiger charge is -2.17. The largest absolute Gasteiger partial charge is 0.464 e. The maximum atomic E-state index is 13.5. The summed E-state index contributed by atoms with van der Waals surface area (Å²) in [7, 11) is -0.179. The number of oxazole rings is 1. The van der Waals surface area contributed by atoms with Crippen molar-refractivity contribution >= 4 is 38.0 Å². The van der Waals surface area contributed by atoms with Crippen molar-refractivity contribution in [3.05, 3.63) is 53.0 Å². The zero-order valence-electron chi connectivity index (χ0n) is 14.1. The van der Waals surface area contributed by atoms with Gasteiger partial charge in [0.15, 0.2) is 15.4 Å². The van der Waals surface area contributed by atoms with Crippen LogP contribution in [0.5, 0.6) is 5.75 Å². The molecule has 0 saturated carbocycles. The van der Waals surface area contributed by atoms with Gasteiger partial charge in [-0.05, 0) is 35.4 Å². The Morgan fingerprint density at radius 1 is 1.23 bits per heavy atom. The van der Waals surface area contributed by atoms with Gasteiger partial charge in [-0.3, -0.25) is 4.57 Å². The molecule has 2 aromatic carbocycles. The summed E-state index contributed by atoms with van der Waals surface area (Å²) in [4.78, 5) is 11.9. The highest BCUT2D eigenvalue weighted by atomic mass is 32.2. The van der Waals surface area contributed by atoms with Crippen LogP contribution in [0.15, 0.2) is 51.7 Å². The standard InChI is InChI=1S/C16H16BFNO5PS/c1-26(21,22)9-19-13-8-11(4-7-14(13)23-15(19)20)10-2-5-12(6-3-10)24-16(17,18)25/h2-8H,9,17,25H2,1H3. The predicted molar refractivity (Wildman–Crippen MR) is 103 cm³/mol. The van der Waals surface area contributed by atoms with Crippen molar-refractivity contribution in [2.45, 2.75) is 11.4 Å². The summed E-state index contributed by atoms with van der Waals surface area (Å²) in [5, 5.41) is 0.